The molecule has 0 aliphatic rings. The molecular formula is C5H7O3. The minimum absolute atomic E-state index is 0.177. The lowest BCUT2D eigenvalue weighted by atomic mass is 10.2. The molecule has 0 aliphatic carbocycles. The smallest absolute Gasteiger partial charge is 0.237 e. The summed E-state index contributed by atoms with van der Waals surface area (Å²) in [6.45, 7) is 1.57. The molecule has 1 radical (unpaired) electrons. The van der Waals surface area contributed by atoms with Gasteiger partial charge in [0.15, 0.2) is 11.9 Å². The highest BCUT2D eigenvalue weighted by Gasteiger charge is 2.10. The molecule has 3 heteroatoms. The average Bonchev–Trinajstić information content (AvgIpc) is 1.84. The Balaban J connectivity index is 3.62. The number of carbonyl (C=O) groups is 1. The van der Waals surface area contributed by atoms with Crippen LogP contribution in [0, 0.1) is 0 Å². The topological polar surface area (TPSA) is 54.4 Å². The first-order valence-electron chi connectivity index (χ1n) is 2.30. The molecule has 3 nitrogen and oxygen atoms in total. The zero-order chi connectivity index (χ0) is 6.57. The van der Waals surface area contributed by atoms with Crippen molar-refractivity contribution in [2.75, 3.05) is 0 Å². The van der Waals surface area contributed by atoms with Crippen LogP contribution >= 0.6 is 0 Å². The number of ketones is 1. The lowest BCUT2D eigenvalue weighted by Gasteiger charge is -1.93. The monoisotopic (exact) mass is 115 g/mol. The molecule has 0 amide bonds. The number of rotatable bonds is 3. The first kappa shape index (κ1) is 7.30. The fourth-order valence-corrected chi connectivity index (χ4v) is 0.259. The minimum atomic E-state index is -1.53. The maximum absolute atomic E-state index is 10.2. The number of hydrogen-bond donors (Lipinski definition) is 1. The molecule has 0 aromatic rings. The van der Waals surface area contributed by atoms with Crippen molar-refractivity contribution in [3.05, 3.63) is 0 Å². The first-order chi connectivity index (χ1) is 3.72. The van der Waals surface area contributed by atoms with E-state index in [0.717, 1.165) is 0 Å². The molecule has 0 aliphatic heterocycles. The Labute approximate surface area is 47.3 Å². The Kier molecular flexibility index (Phi) is 3.03. The zero-order valence-electron chi connectivity index (χ0n) is 4.55. The number of aliphatic hydroxyl groups is 1. The lowest BCUT2D eigenvalue weighted by molar-refractivity contribution is -0.123. The third kappa shape index (κ3) is 1.84. The van der Waals surface area contributed by atoms with E-state index in [-0.39, 0.29) is 6.42 Å². The fourth-order valence-electron chi connectivity index (χ4n) is 0.259. The third-order valence-corrected chi connectivity index (χ3v) is 0.765. The summed E-state index contributed by atoms with van der Waals surface area (Å²) in [7, 11) is 0. The predicted octanol–water partition coefficient (Wildman–Crippen LogP) is -0.564. The summed E-state index contributed by atoms with van der Waals surface area (Å²) in [6.07, 6.45) is -0.179. The fraction of sp³-hybridized carbons (Fsp3) is 0.600. The Bertz CT molecular complexity index is 97.8. The van der Waals surface area contributed by atoms with Gasteiger partial charge in [-0.3, -0.25) is 9.59 Å². The van der Waals surface area contributed by atoms with E-state index in [1.54, 1.807) is 6.92 Å². The van der Waals surface area contributed by atoms with Crippen LogP contribution in [0.2, 0.25) is 0 Å². The van der Waals surface area contributed by atoms with Crippen LogP contribution in [0.5, 0.6) is 0 Å². The lowest BCUT2D eigenvalue weighted by Crippen LogP contribution is -2.19. The van der Waals surface area contributed by atoms with Crippen molar-refractivity contribution in [3.63, 3.8) is 0 Å². The Morgan fingerprint density at radius 1 is 1.88 bits per heavy atom. The van der Waals surface area contributed by atoms with Gasteiger partial charge in [0.25, 0.3) is 0 Å². The van der Waals surface area contributed by atoms with Crippen LogP contribution < -0.4 is 0 Å². The summed E-state index contributed by atoms with van der Waals surface area (Å²) in [5, 5.41) is 8.35. The van der Waals surface area contributed by atoms with Crippen LogP contribution in [0.25, 0.3) is 0 Å². The van der Waals surface area contributed by atoms with E-state index in [1.165, 1.54) is 6.29 Å². The van der Waals surface area contributed by atoms with E-state index < -0.39 is 11.9 Å². The van der Waals surface area contributed by atoms with Crippen molar-refractivity contribution in [3.8, 4) is 0 Å². The SMILES string of the molecule is CCC(=O)C(O)[C]=O. The summed E-state index contributed by atoms with van der Waals surface area (Å²) >= 11 is 0. The Morgan fingerprint density at radius 2 is 2.38 bits per heavy atom. The van der Waals surface area contributed by atoms with Gasteiger partial charge in [0.2, 0.25) is 6.29 Å². The number of carbonyl (C=O) groups excluding carboxylic acids is 2. The number of aliphatic hydroxyl groups excluding tert-OH is 1. The molecule has 0 aromatic carbocycles. The molecule has 0 saturated heterocycles. The first-order valence-corrected chi connectivity index (χ1v) is 2.30. The minimum Gasteiger partial charge on any atom is -0.377 e. The van der Waals surface area contributed by atoms with E-state index in [0.29, 0.717) is 0 Å². The summed E-state index contributed by atoms with van der Waals surface area (Å²) in [6, 6.07) is 0. The van der Waals surface area contributed by atoms with Gasteiger partial charge in [-0.1, -0.05) is 6.92 Å². The molecule has 45 valence electrons. The zero-order valence-corrected chi connectivity index (χ0v) is 4.55. The van der Waals surface area contributed by atoms with Crippen LogP contribution in [0.3, 0.4) is 0 Å². The van der Waals surface area contributed by atoms with E-state index in [2.05, 4.69) is 0 Å². The molecule has 8 heavy (non-hydrogen) atoms. The largest absolute Gasteiger partial charge is 0.377 e. The Morgan fingerprint density at radius 3 is 2.50 bits per heavy atom. The highest BCUT2D eigenvalue weighted by molar-refractivity contribution is 5.95. The van der Waals surface area contributed by atoms with E-state index in [1.807, 2.05) is 0 Å². The second kappa shape index (κ2) is 3.32. The average molecular weight is 115 g/mol. The van der Waals surface area contributed by atoms with Crippen LogP contribution in [-0.4, -0.2) is 23.3 Å². The van der Waals surface area contributed by atoms with Crippen molar-refractivity contribution < 1.29 is 14.7 Å². The summed E-state index contributed by atoms with van der Waals surface area (Å²) in [5.74, 6) is -0.486. The van der Waals surface area contributed by atoms with Crippen LogP contribution in [0.1, 0.15) is 13.3 Å². The molecular weight excluding hydrogens is 108 g/mol. The molecule has 0 fully saturated rings. The second-order valence-corrected chi connectivity index (χ2v) is 1.34. The van der Waals surface area contributed by atoms with Crippen molar-refractivity contribution >= 4 is 12.1 Å². The molecule has 0 heterocycles. The van der Waals surface area contributed by atoms with E-state index in [4.69, 9.17) is 5.11 Å². The van der Waals surface area contributed by atoms with E-state index in [9.17, 15) is 9.59 Å². The van der Waals surface area contributed by atoms with Crippen molar-refractivity contribution in [1.29, 1.82) is 0 Å². The van der Waals surface area contributed by atoms with E-state index >= 15 is 0 Å². The molecule has 0 aromatic heterocycles. The summed E-state index contributed by atoms with van der Waals surface area (Å²) in [5.41, 5.74) is 0. The van der Waals surface area contributed by atoms with Crippen molar-refractivity contribution in [2.24, 2.45) is 0 Å². The highest BCUT2D eigenvalue weighted by atomic mass is 16.3. The van der Waals surface area contributed by atoms with Gasteiger partial charge in [0.1, 0.15) is 0 Å². The number of Topliss-reactive ketones (excluding diaryl/α,β-unsaturated/α-hetero) is 1. The van der Waals surface area contributed by atoms with Gasteiger partial charge < -0.3 is 5.11 Å². The van der Waals surface area contributed by atoms with Gasteiger partial charge in [-0.2, -0.15) is 0 Å². The van der Waals surface area contributed by atoms with Gasteiger partial charge in [0, 0.05) is 6.42 Å². The highest BCUT2D eigenvalue weighted by Crippen LogP contribution is 1.84. The summed E-state index contributed by atoms with van der Waals surface area (Å²) < 4.78 is 0. The standard InChI is InChI=1S/C5H7O3/c1-2-4(7)5(8)3-6/h5,8H,2H2,1H3. The molecule has 1 atom stereocenters. The molecule has 0 rings (SSSR count). The van der Waals surface area contributed by atoms with Gasteiger partial charge in [-0.15, -0.1) is 0 Å². The van der Waals surface area contributed by atoms with Crippen LogP contribution in [-0.2, 0) is 9.59 Å². The van der Waals surface area contributed by atoms with Crippen LogP contribution in [0.15, 0.2) is 0 Å². The molecule has 1 unspecified atom stereocenters. The maximum atomic E-state index is 10.2. The third-order valence-electron chi connectivity index (χ3n) is 0.765. The Hall–Kier alpha value is -0.700. The summed E-state index contributed by atoms with van der Waals surface area (Å²) in [4.78, 5) is 19.7. The molecule has 0 saturated carbocycles. The van der Waals surface area contributed by atoms with Gasteiger partial charge in [0.05, 0.1) is 0 Å². The molecule has 1 N–H and O–H groups in total. The normalized spacial score (nSPS) is 12.8. The van der Waals surface area contributed by atoms with Gasteiger partial charge in [-0.25, -0.2) is 0 Å². The predicted molar refractivity (Wildman–Crippen MR) is 27.0 cm³/mol. The second-order valence-electron chi connectivity index (χ2n) is 1.34. The quantitative estimate of drug-likeness (QED) is 0.501. The van der Waals surface area contributed by atoms with Crippen LogP contribution in [0.4, 0.5) is 0 Å². The van der Waals surface area contributed by atoms with Crippen molar-refractivity contribution in [2.45, 2.75) is 19.4 Å². The van der Waals surface area contributed by atoms with Gasteiger partial charge >= 0.3 is 0 Å². The van der Waals surface area contributed by atoms with Crippen molar-refractivity contribution in [1.82, 2.24) is 0 Å². The number of hydrogen-bond acceptors (Lipinski definition) is 3. The molecule has 0 spiro atoms. The van der Waals surface area contributed by atoms with Gasteiger partial charge in [-0.05, 0) is 0 Å². The maximum Gasteiger partial charge on any atom is 0.237 e. The molecule has 0 bridgehead atoms.